The Morgan fingerprint density at radius 1 is 0.237 bits per heavy atom. The van der Waals surface area contributed by atoms with Gasteiger partial charge in [-0.25, -0.2) is 0 Å². The summed E-state index contributed by atoms with van der Waals surface area (Å²) in [5.74, 6) is 4.43. The van der Waals surface area contributed by atoms with Gasteiger partial charge in [0.25, 0.3) is 29.5 Å². The smallest absolute Gasteiger partial charge is 0.267 e. The lowest BCUT2D eigenvalue weighted by molar-refractivity contribution is 0.0931. The van der Waals surface area contributed by atoms with Crippen molar-refractivity contribution in [2.24, 2.45) is 76.0 Å². The van der Waals surface area contributed by atoms with Crippen molar-refractivity contribution in [2.75, 3.05) is 52.4 Å². The molecule has 5 fully saturated rings. The number of hydrogen-bond acceptors (Lipinski definition) is 10. The van der Waals surface area contributed by atoms with Gasteiger partial charge in [-0.15, -0.1) is 0 Å². The highest BCUT2D eigenvalue weighted by Crippen LogP contribution is 2.37. The predicted octanol–water partition coefficient (Wildman–Crippen LogP) is 21.5. The molecule has 5 aromatic heterocycles. The van der Waals surface area contributed by atoms with E-state index in [-0.39, 0.29) is 35.6 Å². The van der Waals surface area contributed by atoms with Crippen molar-refractivity contribution >= 4 is 84.1 Å². The summed E-state index contributed by atoms with van der Waals surface area (Å²) in [5.41, 5.74) is 55.2. The number of nitrogens with two attached hydrogens (primary N) is 5. The summed E-state index contributed by atoms with van der Waals surface area (Å²) in [6, 6.07) is 84.1. The van der Waals surface area contributed by atoms with E-state index in [9.17, 15) is 24.0 Å². The maximum absolute atomic E-state index is 12.6. The topological polar surface area (TPSA) is 355 Å². The number of nitrogens with one attached hydrogen (secondary N) is 10. The molecule has 20 rings (SSSR count). The number of carbonyl (C=O) groups is 5. The number of aromatic amines is 5. The number of benzene rings is 10. The third-order valence-corrected chi connectivity index (χ3v) is 28.7. The first-order valence-corrected chi connectivity index (χ1v) is 49.0. The molecule has 5 heterocycles. The van der Waals surface area contributed by atoms with Crippen LogP contribution in [0.1, 0.15) is 189 Å². The zero-order chi connectivity index (χ0) is 94.0. The number of fused-ring (bicyclic) bond motifs is 5. The first-order valence-electron chi connectivity index (χ1n) is 49.0. The molecule has 5 amide bonds. The molecule has 0 saturated heterocycles. The van der Waals surface area contributed by atoms with E-state index < -0.39 is 0 Å². The van der Waals surface area contributed by atoms with Crippen molar-refractivity contribution in [1.29, 1.82) is 0 Å². The van der Waals surface area contributed by atoms with E-state index >= 15 is 0 Å². The van der Waals surface area contributed by atoms with Crippen LogP contribution in [0.4, 0.5) is 0 Å². The molecule has 0 radical (unpaired) electrons. The summed E-state index contributed by atoms with van der Waals surface area (Å²) in [6.07, 6.45) is 19.2. The Hall–Kier alpha value is -13.0. The molecule has 20 nitrogen and oxygen atoms in total. The summed E-state index contributed by atoms with van der Waals surface area (Å²) in [4.78, 5) is 79.1. The SMILES string of the molecule is Cc1ccc(-c2ccc3cc(C(=O)NCC4CCC(N)CC4)[nH]c3c2)cc1.Cc1ccc(-c2ccc3cc(C(=O)NCC4CCCC(N)C4)[nH]c3c2)cc1.Cc1ccc(-c2ccc3cc(C(=O)NC[C@@H]4CC[C@@H](CN)C4)[nH]c3c2)cc1.Cc1ccc(-c2ccc3cc(C(=O)NC[C@@H]4CC[C@H](CN)C4)[nH]c3c2)cc1.Cc1ccc(-c2ccc3cc(C(=O)NC[C@H]4CC[C@H](CN)C4)[nH]c3c2)cc1. The fourth-order valence-electron chi connectivity index (χ4n) is 20.2. The zero-order valence-electron chi connectivity index (χ0n) is 79.0. The molecule has 20 heteroatoms. The molecule has 8 atom stereocenters. The molecule has 2 unspecified atom stereocenters. The quantitative estimate of drug-likeness (QED) is 0.0287. The Kier molecular flexibility index (Phi) is 31.7. The molecule has 5 saturated carbocycles. The van der Waals surface area contributed by atoms with Gasteiger partial charge >= 0.3 is 0 Å². The van der Waals surface area contributed by atoms with E-state index in [1.165, 1.54) is 74.9 Å². The van der Waals surface area contributed by atoms with Crippen LogP contribution in [0.3, 0.4) is 0 Å². The highest BCUT2D eigenvalue weighted by Gasteiger charge is 2.29. The third kappa shape index (κ3) is 25.4. The largest absolute Gasteiger partial charge is 0.351 e. The van der Waals surface area contributed by atoms with Crippen LogP contribution in [0.25, 0.3) is 110 Å². The third-order valence-electron chi connectivity index (χ3n) is 28.7. The molecule has 0 bridgehead atoms. The monoisotopic (exact) mass is 1810 g/mol. The van der Waals surface area contributed by atoms with Gasteiger partial charge in [0.05, 0.1) is 0 Å². The molecular weight excluding hydrogens is 1670 g/mol. The second kappa shape index (κ2) is 44.9. The molecular formula is C115H135N15O5. The van der Waals surface area contributed by atoms with Crippen molar-refractivity contribution in [3.8, 4) is 55.6 Å². The lowest BCUT2D eigenvalue weighted by Crippen LogP contribution is -2.35. The van der Waals surface area contributed by atoms with Crippen LogP contribution >= 0.6 is 0 Å². The second-order valence-corrected chi connectivity index (χ2v) is 39.2. The van der Waals surface area contributed by atoms with E-state index in [4.69, 9.17) is 28.7 Å². The fraction of sp³-hybridized carbons (Fsp3) is 0.348. The molecule has 700 valence electrons. The first kappa shape index (κ1) is 95.2. The van der Waals surface area contributed by atoms with Gasteiger partial charge < -0.3 is 80.2 Å². The van der Waals surface area contributed by atoms with Crippen molar-refractivity contribution in [3.63, 3.8) is 0 Å². The molecule has 5 aliphatic rings. The van der Waals surface area contributed by atoms with E-state index in [1.807, 2.05) is 30.3 Å². The van der Waals surface area contributed by atoms with Crippen LogP contribution < -0.4 is 55.3 Å². The number of amides is 5. The molecule has 0 spiro atoms. The summed E-state index contributed by atoms with van der Waals surface area (Å²) >= 11 is 0. The number of H-pyrrole nitrogens is 5. The first-order chi connectivity index (χ1) is 65.5. The number of rotatable bonds is 23. The van der Waals surface area contributed by atoms with Crippen molar-refractivity contribution < 1.29 is 24.0 Å². The van der Waals surface area contributed by atoms with Crippen LogP contribution in [-0.2, 0) is 0 Å². The molecule has 20 N–H and O–H groups in total. The molecule has 5 aliphatic carbocycles. The maximum Gasteiger partial charge on any atom is 0.267 e. The minimum atomic E-state index is -0.0396. The van der Waals surface area contributed by atoms with Crippen LogP contribution in [0.5, 0.6) is 0 Å². The van der Waals surface area contributed by atoms with Crippen LogP contribution in [0.15, 0.2) is 243 Å². The Morgan fingerprint density at radius 2 is 0.444 bits per heavy atom. The number of aromatic nitrogens is 5. The standard InChI is InChI=1S/5C23H27N3O/c1-15-2-6-17(7-3-15)18-8-9-19-13-22(26-21(19)12-18)23(27)25-14-16-4-10-20(24)11-5-16;3*1-15-2-6-18(7-3-15)19-8-9-20-12-22(26-21(20)11-19)23(27)25-14-17-5-4-16(10-17)13-24;1-15-5-7-17(8-6-15)18-9-10-19-13-22(26-21(19)12-18)23(27)25-14-16-3-2-4-20(24)11-16/h2-3,6-9,12-13,16,20,26H,4-5,10-11,14,24H2,1H3,(H,25,27);3*2-3,6-9,11-12,16-17,26H,4-5,10,13-14,24H2,1H3,(H,25,27);5-10,12-13,16,20,26H,2-4,11,14,24H2,1H3,(H,25,27)/t;16-,17+;2*16-,17-;/m.010./s1. The molecule has 0 aliphatic heterocycles. The molecule has 15 aromatic rings. The van der Waals surface area contributed by atoms with Gasteiger partial charge in [-0.1, -0.05) is 216 Å². The van der Waals surface area contributed by atoms with E-state index in [0.29, 0.717) is 88.4 Å². The van der Waals surface area contributed by atoms with Gasteiger partial charge in [0.1, 0.15) is 28.5 Å². The van der Waals surface area contributed by atoms with Gasteiger partial charge in [0.15, 0.2) is 0 Å². The lowest BCUT2D eigenvalue weighted by atomic mass is 9.86. The normalized spacial score (nSPS) is 19.7. The summed E-state index contributed by atoms with van der Waals surface area (Å²) in [6.45, 7) is 16.4. The Morgan fingerprint density at radius 3 is 0.667 bits per heavy atom. The van der Waals surface area contributed by atoms with Gasteiger partial charge in [-0.3, -0.25) is 24.0 Å². The number of aryl methyl sites for hydroxylation is 5. The number of hydrogen-bond donors (Lipinski definition) is 15. The van der Waals surface area contributed by atoms with Gasteiger partial charge in [0, 0.05) is 99.3 Å². The Balaban J connectivity index is 0.000000123. The summed E-state index contributed by atoms with van der Waals surface area (Å²) < 4.78 is 0. The summed E-state index contributed by atoms with van der Waals surface area (Å²) in [5, 5.41) is 20.7. The maximum atomic E-state index is 12.6. The highest BCUT2D eigenvalue weighted by molar-refractivity contribution is 6.03. The minimum absolute atomic E-state index is 0.0284. The Labute approximate surface area is 793 Å². The predicted molar refractivity (Wildman–Crippen MR) is 554 cm³/mol. The number of carbonyl (C=O) groups excluding carboxylic acids is 5. The lowest BCUT2D eigenvalue weighted by Gasteiger charge is -2.26. The van der Waals surface area contributed by atoms with E-state index in [1.54, 1.807) is 0 Å². The van der Waals surface area contributed by atoms with Gasteiger partial charge in [-0.05, 0) is 321 Å². The van der Waals surface area contributed by atoms with Crippen LogP contribution in [0, 0.1) is 82.0 Å². The fourth-order valence-corrected chi connectivity index (χ4v) is 20.2. The Bertz CT molecular complexity index is 5930. The van der Waals surface area contributed by atoms with Crippen LogP contribution in [-0.4, -0.2) is 119 Å². The van der Waals surface area contributed by atoms with Gasteiger partial charge in [-0.2, -0.15) is 0 Å². The molecule has 10 aromatic carbocycles. The average Bonchev–Trinajstić information content (AvgIpc) is 1.69. The van der Waals surface area contributed by atoms with Crippen LogP contribution in [0.2, 0.25) is 0 Å². The molecule has 135 heavy (non-hydrogen) atoms. The van der Waals surface area contributed by atoms with Crippen molar-refractivity contribution in [3.05, 3.63) is 299 Å². The second-order valence-electron chi connectivity index (χ2n) is 39.2. The van der Waals surface area contributed by atoms with Crippen molar-refractivity contribution in [2.45, 2.75) is 156 Å². The van der Waals surface area contributed by atoms with Gasteiger partial charge in [0.2, 0.25) is 0 Å². The van der Waals surface area contributed by atoms with E-state index in [0.717, 1.165) is 218 Å². The summed E-state index contributed by atoms with van der Waals surface area (Å²) in [7, 11) is 0. The average molecular weight is 1810 g/mol. The minimum Gasteiger partial charge on any atom is -0.351 e. The van der Waals surface area contributed by atoms with E-state index in [2.05, 4.69) is 298 Å². The zero-order valence-corrected chi connectivity index (χ0v) is 79.0. The highest BCUT2D eigenvalue weighted by atomic mass is 16.2. The van der Waals surface area contributed by atoms with Crippen molar-refractivity contribution in [1.82, 2.24) is 51.5 Å².